The predicted molar refractivity (Wildman–Crippen MR) is 104 cm³/mol. The smallest absolute Gasteiger partial charge is 0.335 e. The summed E-state index contributed by atoms with van der Waals surface area (Å²) in [6.07, 6.45) is 1.72. The van der Waals surface area contributed by atoms with Crippen LogP contribution in [-0.4, -0.2) is 11.1 Å². The van der Waals surface area contributed by atoms with Gasteiger partial charge in [-0.2, -0.15) is 5.26 Å². The molecule has 0 unspecified atom stereocenters. The second-order valence-corrected chi connectivity index (χ2v) is 6.04. The minimum absolute atomic E-state index is 0.214. The maximum absolute atomic E-state index is 13.0. The molecular weight excluding hydrogens is 357 g/mol. The number of benzene rings is 3. The van der Waals surface area contributed by atoms with Gasteiger partial charge in [-0.25, -0.2) is 9.18 Å². The Labute approximate surface area is 161 Å². The molecule has 0 heterocycles. The van der Waals surface area contributed by atoms with Crippen LogP contribution in [0.25, 0.3) is 11.6 Å². The van der Waals surface area contributed by atoms with Crippen LogP contribution in [0, 0.1) is 17.1 Å². The van der Waals surface area contributed by atoms with Gasteiger partial charge in [0.25, 0.3) is 0 Å². The van der Waals surface area contributed by atoms with E-state index in [4.69, 9.17) is 9.84 Å². The molecule has 0 bridgehead atoms. The lowest BCUT2D eigenvalue weighted by molar-refractivity contribution is 0.0696. The van der Waals surface area contributed by atoms with Gasteiger partial charge in [-0.1, -0.05) is 36.4 Å². The summed E-state index contributed by atoms with van der Waals surface area (Å²) >= 11 is 0. The second-order valence-electron chi connectivity index (χ2n) is 6.04. The first-order chi connectivity index (χ1) is 13.5. The molecule has 3 aromatic carbocycles. The summed E-state index contributed by atoms with van der Waals surface area (Å²) in [6.45, 7) is 0.245. The van der Waals surface area contributed by atoms with E-state index in [2.05, 4.69) is 6.07 Å². The van der Waals surface area contributed by atoms with Crippen molar-refractivity contribution in [3.8, 4) is 11.8 Å². The zero-order valence-corrected chi connectivity index (χ0v) is 14.8. The van der Waals surface area contributed by atoms with Crippen molar-refractivity contribution in [2.75, 3.05) is 0 Å². The normalized spacial score (nSPS) is 10.9. The summed E-state index contributed by atoms with van der Waals surface area (Å²) in [5.41, 5.74) is 2.85. The van der Waals surface area contributed by atoms with Crippen molar-refractivity contribution in [2.45, 2.75) is 6.61 Å². The fourth-order valence-corrected chi connectivity index (χ4v) is 2.60. The lowest BCUT2D eigenvalue weighted by atomic mass is 10.0. The van der Waals surface area contributed by atoms with Crippen molar-refractivity contribution in [1.29, 1.82) is 5.26 Å². The van der Waals surface area contributed by atoms with Crippen LogP contribution in [0.2, 0.25) is 0 Å². The van der Waals surface area contributed by atoms with Gasteiger partial charge >= 0.3 is 5.97 Å². The number of hydrogen-bond donors (Lipinski definition) is 1. The van der Waals surface area contributed by atoms with Gasteiger partial charge < -0.3 is 9.84 Å². The van der Waals surface area contributed by atoms with Crippen molar-refractivity contribution in [3.05, 3.63) is 101 Å². The van der Waals surface area contributed by atoms with Gasteiger partial charge in [-0.15, -0.1) is 0 Å². The van der Waals surface area contributed by atoms with Gasteiger partial charge in [0.05, 0.1) is 17.2 Å². The number of carboxylic acid groups (broad SMARTS) is 1. The molecule has 3 rings (SSSR count). The van der Waals surface area contributed by atoms with E-state index < -0.39 is 5.97 Å². The molecule has 0 atom stereocenters. The molecule has 5 heteroatoms. The van der Waals surface area contributed by atoms with E-state index in [1.54, 1.807) is 48.5 Å². The average molecular weight is 373 g/mol. The third-order valence-corrected chi connectivity index (χ3v) is 4.05. The van der Waals surface area contributed by atoms with Gasteiger partial charge in [0.2, 0.25) is 0 Å². The Hall–Kier alpha value is -3.91. The molecular formula is C23H16FNO3. The van der Waals surface area contributed by atoms with Gasteiger partial charge in [0.15, 0.2) is 0 Å². The standard InChI is InChI=1S/C23H16FNO3/c24-21-8-6-18(7-9-21)20(14-25)12-16-4-10-22(11-5-16)28-15-17-2-1-3-19(13-17)23(26)27/h1-13H,15H2,(H,26,27)/b20-12-. The minimum Gasteiger partial charge on any atom is -0.489 e. The molecule has 0 saturated carbocycles. The molecule has 1 N–H and O–H groups in total. The van der Waals surface area contributed by atoms with Crippen molar-refractivity contribution in [2.24, 2.45) is 0 Å². The molecule has 0 radical (unpaired) electrons. The van der Waals surface area contributed by atoms with E-state index >= 15 is 0 Å². The van der Waals surface area contributed by atoms with Crippen molar-refractivity contribution < 1.29 is 19.0 Å². The van der Waals surface area contributed by atoms with E-state index in [-0.39, 0.29) is 18.0 Å². The zero-order chi connectivity index (χ0) is 19.9. The van der Waals surface area contributed by atoms with E-state index in [1.807, 2.05) is 12.1 Å². The number of nitrogens with zero attached hydrogens (tertiary/aromatic N) is 1. The van der Waals surface area contributed by atoms with E-state index in [0.29, 0.717) is 16.9 Å². The molecule has 0 aliphatic carbocycles. The van der Waals surface area contributed by atoms with Gasteiger partial charge in [0.1, 0.15) is 18.2 Å². The number of ether oxygens (including phenoxy) is 1. The number of nitriles is 1. The lowest BCUT2D eigenvalue weighted by Gasteiger charge is -2.07. The van der Waals surface area contributed by atoms with Crippen LogP contribution in [0.5, 0.6) is 5.75 Å². The van der Waals surface area contributed by atoms with Gasteiger partial charge in [-0.3, -0.25) is 0 Å². The summed E-state index contributed by atoms with van der Waals surface area (Å²) in [4.78, 5) is 11.0. The number of aromatic carboxylic acids is 1. The SMILES string of the molecule is N#C/C(=C/c1ccc(OCc2cccc(C(=O)O)c2)cc1)c1ccc(F)cc1. The fourth-order valence-electron chi connectivity index (χ4n) is 2.60. The molecule has 3 aromatic rings. The highest BCUT2D eigenvalue weighted by atomic mass is 19.1. The summed E-state index contributed by atoms with van der Waals surface area (Å²) < 4.78 is 18.7. The maximum atomic E-state index is 13.0. The first-order valence-corrected chi connectivity index (χ1v) is 8.48. The van der Waals surface area contributed by atoms with Crippen LogP contribution >= 0.6 is 0 Å². The maximum Gasteiger partial charge on any atom is 0.335 e. The van der Waals surface area contributed by atoms with Gasteiger partial charge in [-0.05, 0) is 59.2 Å². The topological polar surface area (TPSA) is 70.3 Å². The van der Waals surface area contributed by atoms with Crippen LogP contribution in [-0.2, 0) is 6.61 Å². The molecule has 0 spiro atoms. The van der Waals surface area contributed by atoms with Gasteiger partial charge in [0, 0.05) is 0 Å². The Morgan fingerprint density at radius 1 is 1.04 bits per heavy atom. The molecule has 0 aliphatic heterocycles. The van der Waals surface area contributed by atoms with Crippen LogP contribution in [0.1, 0.15) is 27.0 Å². The fraction of sp³-hybridized carbons (Fsp3) is 0.0435. The number of carbonyl (C=O) groups is 1. The highest BCUT2D eigenvalue weighted by Gasteiger charge is 2.05. The van der Waals surface area contributed by atoms with Crippen LogP contribution in [0.3, 0.4) is 0 Å². The van der Waals surface area contributed by atoms with E-state index in [9.17, 15) is 14.4 Å². The van der Waals surface area contributed by atoms with Crippen LogP contribution < -0.4 is 4.74 Å². The Balaban J connectivity index is 1.69. The summed E-state index contributed by atoms with van der Waals surface area (Å²) in [5.74, 6) is -0.706. The van der Waals surface area contributed by atoms with Crippen LogP contribution in [0.15, 0.2) is 72.8 Å². The number of hydrogen-bond acceptors (Lipinski definition) is 3. The van der Waals surface area contributed by atoms with E-state index in [1.165, 1.54) is 18.2 Å². The Kier molecular flexibility index (Phi) is 5.83. The monoisotopic (exact) mass is 373 g/mol. The Morgan fingerprint density at radius 3 is 2.39 bits per heavy atom. The van der Waals surface area contributed by atoms with Crippen molar-refractivity contribution in [1.82, 2.24) is 0 Å². The average Bonchev–Trinajstić information content (AvgIpc) is 2.72. The number of rotatable bonds is 6. The number of allylic oxidation sites excluding steroid dienone is 1. The third-order valence-electron chi connectivity index (χ3n) is 4.05. The quantitative estimate of drug-likeness (QED) is 0.478. The molecule has 0 amide bonds. The summed E-state index contributed by atoms with van der Waals surface area (Å²) in [6, 6.07) is 21.6. The predicted octanol–water partition coefficient (Wildman–Crippen LogP) is 5.17. The summed E-state index contributed by atoms with van der Waals surface area (Å²) in [5, 5.41) is 18.4. The highest BCUT2D eigenvalue weighted by molar-refractivity contribution is 5.89. The molecule has 0 aliphatic rings. The molecule has 0 fully saturated rings. The molecule has 0 aromatic heterocycles. The first-order valence-electron chi connectivity index (χ1n) is 8.48. The third kappa shape index (κ3) is 4.83. The first kappa shape index (κ1) is 18.9. The summed E-state index contributed by atoms with van der Waals surface area (Å²) in [7, 11) is 0. The molecule has 28 heavy (non-hydrogen) atoms. The van der Waals surface area contributed by atoms with E-state index in [0.717, 1.165) is 11.1 Å². The Bertz CT molecular complexity index is 1050. The molecule has 138 valence electrons. The largest absolute Gasteiger partial charge is 0.489 e. The lowest BCUT2D eigenvalue weighted by Crippen LogP contribution is -2.00. The number of halogens is 1. The van der Waals surface area contributed by atoms with Crippen molar-refractivity contribution in [3.63, 3.8) is 0 Å². The second kappa shape index (κ2) is 8.65. The minimum atomic E-state index is -0.979. The highest BCUT2D eigenvalue weighted by Crippen LogP contribution is 2.21. The zero-order valence-electron chi connectivity index (χ0n) is 14.8. The molecule has 0 saturated heterocycles. The van der Waals surface area contributed by atoms with Crippen molar-refractivity contribution >= 4 is 17.6 Å². The van der Waals surface area contributed by atoms with Crippen LogP contribution in [0.4, 0.5) is 4.39 Å². The number of carboxylic acids is 1. The molecule has 4 nitrogen and oxygen atoms in total. The Morgan fingerprint density at radius 2 is 1.75 bits per heavy atom.